The number of carbonyl (C=O) groups is 1. The molecule has 0 atom stereocenters. The SMILES string of the molecule is O=C1c2ccccc2-c2cc3c(=O)c4ccccc4sc3cc21. The maximum atomic E-state index is 12.8. The predicted octanol–water partition coefficient (Wildman–Crippen LogP) is 4.63. The van der Waals surface area contributed by atoms with Crippen LogP contribution >= 0.6 is 11.3 Å². The Morgan fingerprint density at radius 1 is 0.609 bits per heavy atom. The van der Waals surface area contributed by atoms with Crippen molar-refractivity contribution in [3.05, 3.63) is 82.0 Å². The minimum Gasteiger partial charge on any atom is -0.289 e. The van der Waals surface area contributed by atoms with Gasteiger partial charge in [0.05, 0.1) is 0 Å². The first kappa shape index (κ1) is 12.7. The van der Waals surface area contributed by atoms with Gasteiger partial charge in [-0.2, -0.15) is 0 Å². The van der Waals surface area contributed by atoms with E-state index < -0.39 is 0 Å². The molecule has 2 nitrogen and oxygen atoms in total. The largest absolute Gasteiger partial charge is 0.289 e. The number of ketones is 1. The van der Waals surface area contributed by atoms with E-state index in [2.05, 4.69) is 0 Å². The maximum Gasteiger partial charge on any atom is 0.195 e. The molecule has 3 heteroatoms. The molecule has 1 aliphatic carbocycles. The molecule has 1 heterocycles. The number of rotatable bonds is 0. The summed E-state index contributed by atoms with van der Waals surface area (Å²) in [5.41, 5.74) is 3.25. The first-order valence-corrected chi connectivity index (χ1v) is 8.19. The molecule has 23 heavy (non-hydrogen) atoms. The Hall–Kier alpha value is -2.78. The molecular formula is C20H10O2S. The Balaban J connectivity index is 1.96. The quantitative estimate of drug-likeness (QED) is 0.391. The van der Waals surface area contributed by atoms with Crippen LogP contribution in [0, 0.1) is 0 Å². The van der Waals surface area contributed by atoms with Crippen molar-refractivity contribution in [3.63, 3.8) is 0 Å². The van der Waals surface area contributed by atoms with E-state index in [0.717, 1.165) is 31.5 Å². The third-order valence-corrected chi connectivity index (χ3v) is 5.56. The smallest absolute Gasteiger partial charge is 0.195 e. The van der Waals surface area contributed by atoms with Crippen molar-refractivity contribution in [2.45, 2.75) is 0 Å². The summed E-state index contributed by atoms with van der Waals surface area (Å²) >= 11 is 1.56. The van der Waals surface area contributed by atoms with Gasteiger partial charge in [-0.3, -0.25) is 9.59 Å². The Kier molecular flexibility index (Phi) is 2.42. The lowest BCUT2D eigenvalue weighted by molar-refractivity contribution is 0.104. The van der Waals surface area contributed by atoms with Gasteiger partial charge in [0.2, 0.25) is 0 Å². The number of carbonyl (C=O) groups excluding carboxylic acids is 1. The van der Waals surface area contributed by atoms with E-state index in [4.69, 9.17) is 0 Å². The molecule has 0 radical (unpaired) electrons. The molecule has 0 bridgehead atoms. The van der Waals surface area contributed by atoms with E-state index in [1.54, 1.807) is 11.3 Å². The van der Waals surface area contributed by atoms with E-state index >= 15 is 0 Å². The summed E-state index contributed by atoms with van der Waals surface area (Å²) in [4.78, 5) is 25.4. The Labute approximate surface area is 135 Å². The molecule has 0 spiro atoms. The molecular weight excluding hydrogens is 304 g/mol. The monoisotopic (exact) mass is 314 g/mol. The number of fused-ring (bicyclic) bond motifs is 5. The van der Waals surface area contributed by atoms with Crippen molar-refractivity contribution in [3.8, 4) is 11.1 Å². The van der Waals surface area contributed by atoms with E-state index in [-0.39, 0.29) is 11.2 Å². The van der Waals surface area contributed by atoms with E-state index in [0.29, 0.717) is 10.9 Å². The molecule has 0 N–H and O–H groups in total. The normalized spacial score (nSPS) is 12.6. The summed E-state index contributed by atoms with van der Waals surface area (Å²) < 4.78 is 1.82. The Morgan fingerprint density at radius 3 is 2.22 bits per heavy atom. The van der Waals surface area contributed by atoms with Gasteiger partial charge in [0.25, 0.3) is 0 Å². The zero-order chi connectivity index (χ0) is 15.6. The summed E-state index contributed by atoms with van der Waals surface area (Å²) in [7, 11) is 0. The van der Waals surface area contributed by atoms with Crippen molar-refractivity contribution < 1.29 is 4.79 Å². The fraction of sp³-hybridized carbons (Fsp3) is 0. The lowest BCUT2D eigenvalue weighted by Crippen LogP contribution is -2.02. The Bertz CT molecular complexity index is 1200. The highest BCUT2D eigenvalue weighted by Crippen LogP contribution is 2.39. The molecule has 1 aliphatic rings. The zero-order valence-corrected chi connectivity index (χ0v) is 12.8. The van der Waals surface area contributed by atoms with Gasteiger partial charge in [-0.25, -0.2) is 0 Å². The van der Waals surface area contributed by atoms with Crippen LogP contribution in [0.1, 0.15) is 15.9 Å². The Morgan fingerprint density at radius 2 is 1.35 bits per heavy atom. The van der Waals surface area contributed by atoms with Crippen LogP contribution in [0.2, 0.25) is 0 Å². The van der Waals surface area contributed by atoms with Gasteiger partial charge < -0.3 is 0 Å². The topological polar surface area (TPSA) is 34.1 Å². The lowest BCUT2D eigenvalue weighted by atomic mass is 10.0. The molecule has 0 unspecified atom stereocenters. The van der Waals surface area contributed by atoms with Crippen LogP contribution < -0.4 is 5.43 Å². The van der Waals surface area contributed by atoms with Crippen LogP contribution in [0.3, 0.4) is 0 Å². The third kappa shape index (κ3) is 1.63. The summed E-state index contributed by atoms with van der Waals surface area (Å²) in [5, 5.41) is 1.43. The number of hydrogen-bond acceptors (Lipinski definition) is 3. The average Bonchev–Trinajstić information content (AvgIpc) is 2.87. The molecule has 4 aromatic rings. The minimum atomic E-state index is 0.0361. The molecule has 0 amide bonds. The average molecular weight is 314 g/mol. The van der Waals surface area contributed by atoms with Crippen molar-refractivity contribution >= 4 is 37.3 Å². The van der Waals surface area contributed by atoms with E-state index in [9.17, 15) is 9.59 Å². The standard InChI is InChI=1S/C20H10O2S/c21-19-12-6-2-1-5-11(12)14-9-16-18(10-15(14)19)23-17-8-4-3-7-13(17)20(16)22/h1-10H. The molecule has 5 rings (SSSR count). The summed E-state index contributed by atoms with van der Waals surface area (Å²) in [6.45, 7) is 0. The molecule has 0 saturated heterocycles. The van der Waals surface area contributed by atoms with Gasteiger partial charge >= 0.3 is 0 Å². The predicted molar refractivity (Wildman–Crippen MR) is 94.5 cm³/mol. The van der Waals surface area contributed by atoms with Crippen LogP contribution in [-0.4, -0.2) is 5.78 Å². The molecule has 0 aliphatic heterocycles. The molecule has 0 saturated carbocycles. The van der Waals surface area contributed by atoms with Crippen LogP contribution in [-0.2, 0) is 0 Å². The lowest BCUT2D eigenvalue weighted by Gasteiger charge is -2.04. The maximum absolute atomic E-state index is 12.8. The first-order valence-electron chi connectivity index (χ1n) is 7.38. The highest BCUT2D eigenvalue weighted by molar-refractivity contribution is 7.24. The van der Waals surface area contributed by atoms with Crippen molar-refractivity contribution in [2.75, 3.05) is 0 Å². The fourth-order valence-electron chi connectivity index (χ4n) is 3.32. The van der Waals surface area contributed by atoms with Gasteiger partial charge in [-0.1, -0.05) is 36.4 Å². The molecule has 1 aromatic heterocycles. The van der Waals surface area contributed by atoms with E-state index in [1.165, 1.54) is 0 Å². The minimum absolute atomic E-state index is 0.0361. The summed E-state index contributed by atoms with van der Waals surface area (Å²) in [6, 6.07) is 19.0. The third-order valence-electron chi connectivity index (χ3n) is 4.42. The van der Waals surface area contributed by atoms with Gasteiger partial charge in [0.1, 0.15) is 0 Å². The summed E-state index contributed by atoms with van der Waals surface area (Å²) in [5.74, 6) is 0.0466. The second kappa shape index (κ2) is 4.37. The highest BCUT2D eigenvalue weighted by Gasteiger charge is 2.27. The van der Waals surface area contributed by atoms with Crippen LogP contribution in [0.4, 0.5) is 0 Å². The van der Waals surface area contributed by atoms with Crippen molar-refractivity contribution in [2.24, 2.45) is 0 Å². The van der Waals surface area contributed by atoms with E-state index in [1.807, 2.05) is 60.7 Å². The van der Waals surface area contributed by atoms with Gasteiger partial charge in [0.15, 0.2) is 11.2 Å². The number of benzene rings is 3. The van der Waals surface area contributed by atoms with Gasteiger partial charge in [-0.05, 0) is 35.4 Å². The fourth-order valence-corrected chi connectivity index (χ4v) is 4.41. The second-order valence-electron chi connectivity index (χ2n) is 5.70. The van der Waals surface area contributed by atoms with Crippen molar-refractivity contribution in [1.29, 1.82) is 0 Å². The molecule has 0 fully saturated rings. The first-order chi connectivity index (χ1) is 11.2. The highest BCUT2D eigenvalue weighted by atomic mass is 32.1. The second-order valence-corrected chi connectivity index (χ2v) is 6.78. The zero-order valence-electron chi connectivity index (χ0n) is 12.0. The molecule has 108 valence electrons. The van der Waals surface area contributed by atoms with Gasteiger partial charge in [0, 0.05) is 31.3 Å². The summed E-state index contributed by atoms with van der Waals surface area (Å²) in [6.07, 6.45) is 0. The van der Waals surface area contributed by atoms with Gasteiger partial charge in [-0.15, -0.1) is 11.3 Å². The van der Waals surface area contributed by atoms with Crippen molar-refractivity contribution in [1.82, 2.24) is 0 Å². The van der Waals surface area contributed by atoms with Crippen LogP contribution in [0.25, 0.3) is 31.3 Å². The van der Waals surface area contributed by atoms with Crippen LogP contribution in [0.15, 0.2) is 65.5 Å². The number of hydrogen-bond donors (Lipinski definition) is 0. The van der Waals surface area contributed by atoms with Crippen LogP contribution in [0.5, 0.6) is 0 Å². The molecule has 3 aromatic carbocycles.